The molecular formula is C20H28N2O4. The number of amides is 4. The van der Waals surface area contributed by atoms with Gasteiger partial charge in [0.1, 0.15) is 5.57 Å². The SMILES string of the molecule is C=C/C=C(\C=C1\C(=O)NC(=O)N(C)C1=O)/C=C/COCCCCCCC. The van der Waals surface area contributed by atoms with Crippen molar-refractivity contribution in [1.29, 1.82) is 0 Å². The summed E-state index contributed by atoms with van der Waals surface area (Å²) in [6.45, 7) is 6.98. The lowest BCUT2D eigenvalue weighted by molar-refractivity contribution is -0.129. The second-order valence-electron chi connectivity index (χ2n) is 5.98. The van der Waals surface area contributed by atoms with Crippen LogP contribution in [0.3, 0.4) is 0 Å². The molecular weight excluding hydrogens is 332 g/mol. The van der Waals surface area contributed by atoms with Gasteiger partial charge in [-0.05, 0) is 18.1 Å². The molecule has 0 radical (unpaired) electrons. The Bertz CT molecular complexity index is 617. The van der Waals surface area contributed by atoms with Crippen LogP contribution in [0.1, 0.15) is 39.0 Å². The highest BCUT2D eigenvalue weighted by Gasteiger charge is 2.32. The van der Waals surface area contributed by atoms with Crippen molar-refractivity contribution in [2.24, 2.45) is 0 Å². The van der Waals surface area contributed by atoms with Gasteiger partial charge < -0.3 is 4.74 Å². The Balaban J connectivity index is 2.57. The molecule has 1 heterocycles. The molecule has 0 saturated carbocycles. The van der Waals surface area contributed by atoms with Crippen molar-refractivity contribution in [3.05, 3.63) is 48.1 Å². The lowest BCUT2D eigenvalue weighted by Gasteiger charge is -2.22. The van der Waals surface area contributed by atoms with Gasteiger partial charge in [-0.3, -0.25) is 19.8 Å². The van der Waals surface area contributed by atoms with Crippen LogP contribution in [0.4, 0.5) is 4.79 Å². The number of carbonyl (C=O) groups is 3. The first-order chi connectivity index (χ1) is 12.5. The molecule has 4 amide bonds. The van der Waals surface area contributed by atoms with E-state index in [0.29, 0.717) is 18.8 Å². The third kappa shape index (κ3) is 7.19. The van der Waals surface area contributed by atoms with Gasteiger partial charge in [-0.25, -0.2) is 4.79 Å². The first kappa shape index (κ1) is 21.6. The average Bonchev–Trinajstić information content (AvgIpc) is 2.62. The van der Waals surface area contributed by atoms with E-state index in [1.165, 1.54) is 38.8 Å². The Kier molecular flexibility index (Phi) is 9.94. The zero-order valence-electron chi connectivity index (χ0n) is 15.6. The Labute approximate surface area is 155 Å². The van der Waals surface area contributed by atoms with Gasteiger partial charge in [-0.2, -0.15) is 0 Å². The van der Waals surface area contributed by atoms with Crippen LogP contribution in [0.2, 0.25) is 0 Å². The number of carbonyl (C=O) groups excluding carboxylic acids is 3. The zero-order valence-corrected chi connectivity index (χ0v) is 15.6. The van der Waals surface area contributed by atoms with Crippen LogP contribution < -0.4 is 5.32 Å². The fraction of sp³-hybridized carbons (Fsp3) is 0.450. The van der Waals surface area contributed by atoms with Crippen molar-refractivity contribution in [2.75, 3.05) is 20.3 Å². The largest absolute Gasteiger partial charge is 0.377 e. The van der Waals surface area contributed by atoms with Crippen molar-refractivity contribution in [3.8, 4) is 0 Å². The molecule has 0 aromatic rings. The number of barbiturate groups is 1. The van der Waals surface area contributed by atoms with E-state index < -0.39 is 17.8 Å². The van der Waals surface area contributed by atoms with Gasteiger partial charge in [0.25, 0.3) is 11.8 Å². The van der Waals surface area contributed by atoms with E-state index in [4.69, 9.17) is 4.74 Å². The van der Waals surface area contributed by atoms with Crippen molar-refractivity contribution < 1.29 is 19.1 Å². The monoisotopic (exact) mass is 360 g/mol. The summed E-state index contributed by atoms with van der Waals surface area (Å²) in [6, 6.07) is -0.728. The number of likely N-dealkylation sites (N-methyl/N-ethyl adjacent to an activating group) is 1. The fourth-order valence-electron chi connectivity index (χ4n) is 2.34. The predicted octanol–water partition coefficient (Wildman–Crippen LogP) is 3.28. The molecule has 1 saturated heterocycles. The summed E-state index contributed by atoms with van der Waals surface area (Å²) in [6.07, 6.45) is 14.2. The third-order valence-electron chi connectivity index (χ3n) is 3.84. The van der Waals surface area contributed by atoms with Gasteiger partial charge in [-0.1, -0.05) is 63.5 Å². The standard InChI is InChI=1S/C20H28N2O4/c1-4-6-7-8-9-13-26-14-10-12-16(11-5-2)15-17-18(23)21-20(25)22(3)19(17)24/h5,10-12,15H,2,4,6-9,13-14H2,1,3H3,(H,21,23,25)/b12-10+,16-11-,17-15-. The van der Waals surface area contributed by atoms with E-state index >= 15 is 0 Å². The minimum atomic E-state index is -0.728. The second kappa shape index (κ2) is 12.0. The second-order valence-corrected chi connectivity index (χ2v) is 5.98. The normalized spacial score (nSPS) is 17.3. The van der Waals surface area contributed by atoms with Crippen LogP contribution in [0, 0.1) is 0 Å². The molecule has 1 aliphatic rings. The van der Waals surface area contributed by atoms with Crippen LogP contribution in [-0.2, 0) is 14.3 Å². The molecule has 0 aliphatic carbocycles. The maximum absolute atomic E-state index is 12.1. The van der Waals surface area contributed by atoms with Gasteiger partial charge in [0, 0.05) is 13.7 Å². The van der Waals surface area contributed by atoms with Crippen LogP contribution in [0.25, 0.3) is 0 Å². The van der Waals surface area contributed by atoms with Crippen LogP contribution in [0.15, 0.2) is 48.1 Å². The molecule has 1 rings (SSSR count). The number of rotatable bonds is 11. The molecule has 0 aromatic heterocycles. The lowest BCUT2D eigenvalue weighted by Crippen LogP contribution is -2.52. The van der Waals surface area contributed by atoms with E-state index in [-0.39, 0.29) is 5.57 Å². The number of urea groups is 1. The molecule has 0 atom stereocenters. The molecule has 26 heavy (non-hydrogen) atoms. The minimum Gasteiger partial charge on any atom is -0.377 e. The summed E-state index contributed by atoms with van der Waals surface area (Å²) in [7, 11) is 1.32. The molecule has 0 unspecified atom stereocenters. The number of nitrogens with one attached hydrogen (secondary N) is 1. The van der Waals surface area contributed by atoms with E-state index in [9.17, 15) is 14.4 Å². The van der Waals surface area contributed by atoms with Gasteiger partial charge in [0.05, 0.1) is 6.61 Å². The third-order valence-corrected chi connectivity index (χ3v) is 3.84. The number of hydrogen-bond acceptors (Lipinski definition) is 4. The van der Waals surface area contributed by atoms with Crippen LogP contribution in [-0.4, -0.2) is 43.0 Å². The van der Waals surface area contributed by atoms with Crippen molar-refractivity contribution in [3.63, 3.8) is 0 Å². The van der Waals surface area contributed by atoms with Crippen molar-refractivity contribution >= 4 is 17.8 Å². The van der Waals surface area contributed by atoms with Gasteiger partial charge in [0.2, 0.25) is 0 Å². The fourth-order valence-corrected chi connectivity index (χ4v) is 2.34. The maximum Gasteiger partial charge on any atom is 0.331 e. The molecule has 1 N–H and O–H groups in total. The molecule has 1 aliphatic heterocycles. The van der Waals surface area contributed by atoms with E-state index in [1.807, 2.05) is 6.08 Å². The summed E-state index contributed by atoms with van der Waals surface area (Å²) in [5.74, 6) is -1.34. The zero-order chi connectivity index (χ0) is 19.4. The highest BCUT2D eigenvalue weighted by molar-refractivity contribution is 6.28. The van der Waals surface area contributed by atoms with Gasteiger partial charge in [0.15, 0.2) is 0 Å². The summed E-state index contributed by atoms with van der Waals surface area (Å²) in [5.41, 5.74) is 0.523. The number of ether oxygens (including phenoxy) is 1. The van der Waals surface area contributed by atoms with Crippen LogP contribution in [0.5, 0.6) is 0 Å². The smallest absolute Gasteiger partial charge is 0.331 e. The van der Waals surface area contributed by atoms with E-state index in [1.54, 1.807) is 18.2 Å². The lowest BCUT2D eigenvalue weighted by atomic mass is 10.1. The van der Waals surface area contributed by atoms with E-state index in [2.05, 4.69) is 18.8 Å². The van der Waals surface area contributed by atoms with Crippen molar-refractivity contribution in [1.82, 2.24) is 10.2 Å². The molecule has 6 nitrogen and oxygen atoms in total. The molecule has 0 bridgehead atoms. The predicted molar refractivity (Wildman–Crippen MR) is 101 cm³/mol. The van der Waals surface area contributed by atoms with Crippen molar-refractivity contribution in [2.45, 2.75) is 39.0 Å². The summed E-state index contributed by atoms with van der Waals surface area (Å²) in [4.78, 5) is 36.2. The first-order valence-corrected chi connectivity index (χ1v) is 8.93. The average molecular weight is 360 g/mol. The molecule has 0 spiro atoms. The Morgan fingerprint density at radius 3 is 2.62 bits per heavy atom. The Hall–Kier alpha value is -2.47. The summed E-state index contributed by atoms with van der Waals surface area (Å²) >= 11 is 0. The number of nitrogens with zero attached hydrogens (tertiary/aromatic N) is 1. The van der Waals surface area contributed by atoms with Gasteiger partial charge in [-0.15, -0.1) is 0 Å². The number of imide groups is 2. The molecule has 142 valence electrons. The molecule has 0 aromatic carbocycles. The summed E-state index contributed by atoms with van der Waals surface area (Å²) in [5, 5.41) is 2.12. The highest BCUT2D eigenvalue weighted by Crippen LogP contribution is 2.12. The Morgan fingerprint density at radius 1 is 1.19 bits per heavy atom. The quantitative estimate of drug-likeness (QED) is 0.265. The summed E-state index contributed by atoms with van der Waals surface area (Å²) < 4.78 is 5.55. The molecule has 1 fully saturated rings. The maximum atomic E-state index is 12.1. The van der Waals surface area contributed by atoms with E-state index in [0.717, 1.165) is 11.3 Å². The number of hydrogen-bond donors (Lipinski definition) is 1. The minimum absolute atomic E-state index is 0.0957. The Morgan fingerprint density at radius 2 is 1.92 bits per heavy atom. The highest BCUT2D eigenvalue weighted by atomic mass is 16.5. The van der Waals surface area contributed by atoms with Gasteiger partial charge >= 0.3 is 6.03 Å². The number of allylic oxidation sites excluding steroid dienone is 5. The van der Waals surface area contributed by atoms with Crippen LogP contribution >= 0.6 is 0 Å². The molecule has 6 heteroatoms. The first-order valence-electron chi connectivity index (χ1n) is 8.93. The topological polar surface area (TPSA) is 75.7 Å². The number of unbranched alkanes of at least 4 members (excludes halogenated alkanes) is 4.